The summed E-state index contributed by atoms with van der Waals surface area (Å²) in [7, 11) is 1.53. The number of fused-ring (bicyclic) bond motifs is 1. The summed E-state index contributed by atoms with van der Waals surface area (Å²) in [6, 6.07) is 4.24. The van der Waals surface area contributed by atoms with Gasteiger partial charge in [0.2, 0.25) is 5.91 Å². The van der Waals surface area contributed by atoms with E-state index in [0.717, 1.165) is 4.90 Å². The Morgan fingerprint density at radius 1 is 1.33 bits per heavy atom. The highest BCUT2D eigenvalue weighted by atomic mass is 16.6. The van der Waals surface area contributed by atoms with Gasteiger partial charge in [0.1, 0.15) is 25.3 Å². The molecule has 2 aliphatic heterocycles. The first-order valence-corrected chi connectivity index (χ1v) is 8.67. The van der Waals surface area contributed by atoms with Crippen LogP contribution in [0, 0.1) is 0 Å². The number of benzene rings is 1. The molecule has 2 aliphatic rings. The smallest absolute Gasteiger partial charge is 0.325 e. The second-order valence-electron chi connectivity index (χ2n) is 6.73. The van der Waals surface area contributed by atoms with Gasteiger partial charge in [0.25, 0.3) is 5.91 Å². The van der Waals surface area contributed by atoms with E-state index < -0.39 is 23.4 Å². The van der Waals surface area contributed by atoms with Gasteiger partial charge in [-0.2, -0.15) is 0 Å². The molecule has 2 heterocycles. The summed E-state index contributed by atoms with van der Waals surface area (Å²) in [6.45, 7) is 4.22. The molecular weight excluding hydrogens is 354 g/mol. The van der Waals surface area contributed by atoms with E-state index >= 15 is 0 Å². The Morgan fingerprint density at radius 3 is 2.74 bits per heavy atom. The van der Waals surface area contributed by atoms with E-state index in [2.05, 4.69) is 10.6 Å². The maximum Gasteiger partial charge on any atom is 0.325 e. The molecule has 1 saturated heterocycles. The Hall–Kier alpha value is -2.81. The lowest BCUT2D eigenvalue weighted by Gasteiger charge is -2.25. The molecule has 146 valence electrons. The molecule has 1 fully saturated rings. The highest BCUT2D eigenvalue weighted by molar-refractivity contribution is 6.09. The van der Waals surface area contributed by atoms with Crippen LogP contribution in [0.1, 0.15) is 19.4 Å². The highest BCUT2D eigenvalue weighted by Crippen LogP contribution is 2.36. The molecule has 0 aliphatic carbocycles. The third-order valence-corrected chi connectivity index (χ3v) is 4.52. The number of methoxy groups -OCH3 is 1. The van der Waals surface area contributed by atoms with Crippen LogP contribution in [-0.2, 0) is 19.9 Å². The number of amides is 4. The Kier molecular flexibility index (Phi) is 5.22. The largest absolute Gasteiger partial charge is 0.486 e. The SMILES string of the molecule is COC[C@H](C)NC(=O)CN1C(=O)N[C@@](C)(c2ccc3c(c2)OCCO3)C1=O. The fourth-order valence-corrected chi connectivity index (χ4v) is 3.15. The number of imide groups is 1. The molecule has 9 nitrogen and oxygen atoms in total. The average Bonchev–Trinajstić information content (AvgIpc) is 2.85. The van der Waals surface area contributed by atoms with Crippen LogP contribution in [0.4, 0.5) is 4.79 Å². The van der Waals surface area contributed by atoms with Crippen molar-refractivity contribution >= 4 is 17.8 Å². The Balaban J connectivity index is 1.75. The third-order valence-electron chi connectivity index (χ3n) is 4.52. The lowest BCUT2D eigenvalue weighted by molar-refractivity contribution is -0.135. The number of carbonyl (C=O) groups is 3. The summed E-state index contributed by atoms with van der Waals surface area (Å²) >= 11 is 0. The minimum atomic E-state index is -1.29. The van der Waals surface area contributed by atoms with Crippen molar-refractivity contribution in [3.63, 3.8) is 0 Å². The van der Waals surface area contributed by atoms with Crippen molar-refractivity contribution < 1.29 is 28.6 Å². The van der Waals surface area contributed by atoms with Crippen LogP contribution in [-0.4, -0.2) is 62.3 Å². The standard InChI is InChI=1S/C18H23N3O6/c1-11(10-25-3)19-15(22)9-21-16(23)18(2,20-17(21)24)12-4-5-13-14(8-12)27-7-6-26-13/h4-5,8,11H,6-7,9-10H2,1-3H3,(H,19,22)(H,20,24)/t11-,18-/m0/s1. The van der Waals surface area contributed by atoms with Gasteiger partial charge < -0.3 is 24.8 Å². The maximum atomic E-state index is 12.9. The lowest BCUT2D eigenvalue weighted by Crippen LogP contribution is -2.45. The lowest BCUT2D eigenvalue weighted by atomic mass is 9.91. The van der Waals surface area contributed by atoms with Crippen LogP contribution in [0.5, 0.6) is 11.5 Å². The second kappa shape index (κ2) is 7.43. The van der Waals surface area contributed by atoms with Gasteiger partial charge in [-0.05, 0) is 31.5 Å². The molecule has 2 N–H and O–H groups in total. The first kappa shape index (κ1) is 19.0. The summed E-state index contributed by atoms with van der Waals surface area (Å²) in [6.07, 6.45) is 0. The number of ether oxygens (including phenoxy) is 3. The van der Waals surface area contributed by atoms with Crippen molar-refractivity contribution in [1.82, 2.24) is 15.5 Å². The van der Waals surface area contributed by atoms with Gasteiger partial charge in [0.15, 0.2) is 11.5 Å². The molecule has 0 unspecified atom stereocenters. The predicted molar refractivity (Wildman–Crippen MR) is 94.5 cm³/mol. The normalized spacial score (nSPS) is 22.4. The topological polar surface area (TPSA) is 106 Å². The monoisotopic (exact) mass is 377 g/mol. The molecule has 1 aromatic rings. The molecule has 0 aromatic heterocycles. The summed E-state index contributed by atoms with van der Waals surface area (Å²) in [5, 5.41) is 5.36. The van der Waals surface area contributed by atoms with Gasteiger partial charge in [0.05, 0.1) is 6.61 Å². The summed E-state index contributed by atoms with van der Waals surface area (Å²) < 4.78 is 16.0. The number of hydrogen-bond donors (Lipinski definition) is 2. The molecule has 0 radical (unpaired) electrons. The molecule has 2 atom stereocenters. The molecule has 9 heteroatoms. The van der Waals surface area contributed by atoms with Gasteiger partial charge in [-0.3, -0.25) is 14.5 Å². The van der Waals surface area contributed by atoms with Crippen molar-refractivity contribution in [1.29, 1.82) is 0 Å². The van der Waals surface area contributed by atoms with Gasteiger partial charge in [-0.25, -0.2) is 4.79 Å². The number of nitrogens with zero attached hydrogens (tertiary/aromatic N) is 1. The molecular formula is C18H23N3O6. The third kappa shape index (κ3) is 3.68. The first-order chi connectivity index (χ1) is 12.8. The van der Waals surface area contributed by atoms with Crippen LogP contribution in [0.15, 0.2) is 18.2 Å². The van der Waals surface area contributed by atoms with E-state index in [4.69, 9.17) is 14.2 Å². The predicted octanol–water partition coefficient (Wildman–Crippen LogP) is 0.376. The average molecular weight is 377 g/mol. The zero-order valence-electron chi connectivity index (χ0n) is 15.5. The molecule has 0 spiro atoms. The fraction of sp³-hybridized carbons (Fsp3) is 0.500. The molecule has 0 saturated carbocycles. The Morgan fingerprint density at radius 2 is 2.04 bits per heavy atom. The Bertz CT molecular complexity index is 767. The van der Waals surface area contributed by atoms with Crippen molar-refractivity contribution in [3.05, 3.63) is 23.8 Å². The van der Waals surface area contributed by atoms with Crippen LogP contribution in [0.3, 0.4) is 0 Å². The minimum absolute atomic E-state index is 0.229. The van der Waals surface area contributed by atoms with E-state index in [0.29, 0.717) is 36.9 Å². The number of nitrogens with one attached hydrogen (secondary N) is 2. The van der Waals surface area contributed by atoms with Crippen LogP contribution in [0.2, 0.25) is 0 Å². The van der Waals surface area contributed by atoms with Crippen LogP contribution in [0.25, 0.3) is 0 Å². The molecule has 27 heavy (non-hydrogen) atoms. The number of rotatable bonds is 6. The number of hydrogen-bond acceptors (Lipinski definition) is 6. The van der Waals surface area contributed by atoms with Crippen LogP contribution < -0.4 is 20.1 Å². The maximum absolute atomic E-state index is 12.9. The molecule has 3 rings (SSSR count). The van der Waals surface area contributed by atoms with E-state index in [1.54, 1.807) is 32.0 Å². The highest BCUT2D eigenvalue weighted by Gasteiger charge is 2.49. The number of carbonyl (C=O) groups excluding carboxylic acids is 3. The van der Waals surface area contributed by atoms with E-state index in [9.17, 15) is 14.4 Å². The van der Waals surface area contributed by atoms with Crippen LogP contribution >= 0.6 is 0 Å². The van der Waals surface area contributed by atoms with Crippen molar-refractivity contribution in [2.24, 2.45) is 0 Å². The van der Waals surface area contributed by atoms with Gasteiger partial charge >= 0.3 is 6.03 Å². The van der Waals surface area contributed by atoms with Gasteiger partial charge in [0, 0.05) is 13.2 Å². The van der Waals surface area contributed by atoms with E-state index in [1.807, 2.05) is 0 Å². The fourth-order valence-electron chi connectivity index (χ4n) is 3.15. The summed E-state index contributed by atoms with van der Waals surface area (Å²) in [4.78, 5) is 38.3. The van der Waals surface area contributed by atoms with Crippen molar-refractivity contribution in [2.75, 3.05) is 33.5 Å². The summed E-state index contributed by atoms with van der Waals surface area (Å²) in [5.41, 5.74) is -0.730. The van der Waals surface area contributed by atoms with Crippen molar-refractivity contribution in [2.45, 2.75) is 25.4 Å². The number of urea groups is 1. The van der Waals surface area contributed by atoms with Gasteiger partial charge in [-0.15, -0.1) is 0 Å². The zero-order chi connectivity index (χ0) is 19.6. The first-order valence-electron chi connectivity index (χ1n) is 8.67. The minimum Gasteiger partial charge on any atom is -0.486 e. The molecule has 0 bridgehead atoms. The van der Waals surface area contributed by atoms with E-state index in [1.165, 1.54) is 7.11 Å². The molecule has 4 amide bonds. The van der Waals surface area contributed by atoms with Crippen molar-refractivity contribution in [3.8, 4) is 11.5 Å². The second-order valence-corrected chi connectivity index (χ2v) is 6.73. The Labute approximate surface area is 156 Å². The van der Waals surface area contributed by atoms with Gasteiger partial charge in [-0.1, -0.05) is 6.07 Å². The summed E-state index contributed by atoms with van der Waals surface area (Å²) in [5.74, 6) is 0.175. The van der Waals surface area contributed by atoms with E-state index in [-0.39, 0.29) is 12.6 Å². The zero-order valence-corrected chi connectivity index (χ0v) is 15.5. The quantitative estimate of drug-likeness (QED) is 0.694. The molecule has 1 aromatic carbocycles.